The predicted molar refractivity (Wildman–Crippen MR) is 86.5 cm³/mol. The van der Waals surface area contributed by atoms with Crippen LogP contribution < -0.4 is 4.72 Å². The minimum absolute atomic E-state index is 0.156. The molecule has 23 heavy (non-hydrogen) atoms. The third-order valence-electron chi connectivity index (χ3n) is 3.23. The van der Waals surface area contributed by atoms with Gasteiger partial charge in [0.1, 0.15) is 17.8 Å². The Morgan fingerprint density at radius 3 is 2.35 bits per heavy atom. The van der Waals surface area contributed by atoms with E-state index in [-0.39, 0.29) is 10.7 Å². The van der Waals surface area contributed by atoms with Crippen LogP contribution in [0, 0.1) is 13.8 Å². The Bertz CT molecular complexity index is 914. The molecule has 3 rings (SSSR count). The van der Waals surface area contributed by atoms with E-state index in [4.69, 9.17) is 4.42 Å². The summed E-state index contributed by atoms with van der Waals surface area (Å²) < 4.78 is 32.3. The third kappa shape index (κ3) is 3.40. The molecule has 6 nitrogen and oxygen atoms in total. The quantitative estimate of drug-likeness (QED) is 0.794. The van der Waals surface area contributed by atoms with Crippen LogP contribution in [0.3, 0.4) is 0 Å². The summed E-state index contributed by atoms with van der Waals surface area (Å²) in [6, 6.07) is 9.84. The molecule has 0 aliphatic carbocycles. The molecular formula is C16H15N3O3S. The van der Waals surface area contributed by atoms with Gasteiger partial charge < -0.3 is 4.42 Å². The van der Waals surface area contributed by atoms with Gasteiger partial charge >= 0.3 is 0 Å². The van der Waals surface area contributed by atoms with Crippen LogP contribution in [0.15, 0.2) is 58.2 Å². The van der Waals surface area contributed by atoms with Crippen molar-refractivity contribution in [2.45, 2.75) is 18.7 Å². The van der Waals surface area contributed by atoms with Crippen molar-refractivity contribution in [3.8, 4) is 11.3 Å². The van der Waals surface area contributed by atoms with Crippen LogP contribution in [0.1, 0.15) is 11.5 Å². The maximum Gasteiger partial charge on any atom is 0.263 e. The van der Waals surface area contributed by atoms with Crippen molar-refractivity contribution in [2.75, 3.05) is 4.72 Å². The number of aromatic nitrogens is 2. The summed E-state index contributed by atoms with van der Waals surface area (Å²) in [5.74, 6) is 0.843. The zero-order chi connectivity index (χ0) is 16.4. The largest absolute Gasteiger partial charge is 0.449 e. The van der Waals surface area contributed by atoms with Gasteiger partial charge in [-0.1, -0.05) is 18.2 Å². The van der Waals surface area contributed by atoms with Crippen LogP contribution >= 0.6 is 0 Å². The summed E-state index contributed by atoms with van der Waals surface area (Å²) in [5.41, 5.74) is 2.41. The van der Waals surface area contributed by atoms with Gasteiger partial charge in [-0.25, -0.2) is 18.4 Å². The Balaban J connectivity index is 1.84. The fourth-order valence-electron chi connectivity index (χ4n) is 2.03. The monoisotopic (exact) mass is 329 g/mol. The number of nitrogens with zero attached hydrogens (tertiary/aromatic N) is 2. The SMILES string of the molecule is Cc1ccc(NS(=O)(=O)c2ccc(-c3coc(C)n3)cc2)nc1. The van der Waals surface area contributed by atoms with E-state index in [2.05, 4.69) is 14.7 Å². The van der Waals surface area contributed by atoms with Crippen molar-refractivity contribution in [2.24, 2.45) is 0 Å². The number of hydrogen-bond donors (Lipinski definition) is 1. The second-order valence-electron chi connectivity index (χ2n) is 5.10. The highest BCUT2D eigenvalue weighted by Gasteiger charge is 2.15. The van der Waals surface area contributed by atoms with Gasteiger partial charge in [0.2, 0.25) is 0 Å². The van der Waals surface area contributed by atoms with Gasteiger partial charge in [0.25, 0.3) is 10.0 Å². The number of nitrogens with one attached hydrogen (secondary N) is 1. The van der Waals surface area contributed by atoms with Crippen LogP contribution in [0.4, 0.5) is 5.82 Å². The van der Waals surface area contributed by atoms with Gasteiger partial charge in [-0.15, -0.1) is 0 Å². The molecule has 1 aromatic carbocycles. The molecule has 0 unspecified atom stereocenters. The topological polar surface area (TPSA) is 85.1 Å². The Labute approximate surface area is 134 Å². The number of sulfonamides is 1. The third-order valence-corrected chi connectivity index (χ3v) is 4.60. The molecule has 2 aromatic heterocycles. The summed E-state index contributed by atoms with van der Waals surface area (Å²) in [7, 11) is -3.68. The zero-order valence-corrected chi connectivity index (χ0v) is 13.5. The molecule has 118 valence electrons. The average molecular weight is 329 g/mol. The number of pyridine rings is 1. The van der Waals surface area contributed by atoms with Gasteiger partial charge in [-0.3, -0.25) is 4.72 Å². The lowest BCUT2D eigenvalue weighted by Crippen LogP contribution is -2.13. The number of hydrogen-bond acceptors (Lipinski definition) is 5. The molecule has 0 saturated carbocycles. The fraction of sp³-hybridized carbons (Fsp3) is 0.125. The lowest BCUT2D eigenvalue weighted by molar-refractivity contribution is 0.521. The normalized spacial score (nSPS) is 11.4. The highest BCUT2D eigenvalue weighted by Crippen LogP contribution is 2.21. The molecule has 0 saturated heterocycles. The van der Waals surface area contributed by atoms with E-state index in [1.54, 1.807) is 37.4 Å². The van der Waals surface area contributed by atoms with Gasteiger partial charge in [-0.2, -0.15) is 0 Å². The smallest absolute Gasteiger partial charge is 0.263 e. The zero-order valence-electron chi connectivity index (χ0n) is 12.6. The Kier molecular flexibility index (Phi) is 3.87. The number of oxazole rings is 1. The molecule has 0 aliphatic heterocycles. The second-order valence-corrected chi connectivity index (χ2v) is 6.78. The maximum absolute atomic E-state index is 12.4. The summed E-state index contributed by atoms with van der Waals surface area (Å²) in [6.45, 7) is 3.64. The first kappa shape index (κ1) is 15.2. The first-order valence-corrected chi connectivity index (χ1v) is 8.40. The van der Waals surface area contributed by atoms with Crippen molar-refractivity contribution >= 4 is 15.8 Å². The molecule has 1 N–H and O–H groups in total. The molecule has 0 spiro atoms. The van der Waals surface area contributed by atoms with Crippen molar-refractivity contribution in [3.05, 3.63) is 60.3 Å². The van der Waals surface area contributed by atoms with Crippen LogP contribution in [-0.2, 0) is 10.0 Å². The highest BCUT2D eigenvalue weighted by atomic mass is 32.2. The lowest BCUT2D eigenvalue weighted by atomic mass is 10.2. The molecule has 2 heterocycles. The minimum Gasteiger partial charge on any atom is -0.449 e. The fourth-order valence-corrected chi connectivity index (χ4v) is 3.03. The van der Waals surface area contributed by atoms with E-state index < -0.39 is 10.0 Å². The number of anilines is 1. The van der Waals surface area contributed by atoms with Crippen LogP contribution in [0.25, 0.3) is 11.3 Å². The first-order chi connectivity index (χ1) is 10.9. The molecule has 3 aromatic rings. The Morgan fingerprint density at radius 1 is 1.04 bits per heavy atom. The summed E-state index contributed by atoms with van der Waals surface area (Å²) in [6.07, 6.45) is 3.14. The Morgan fingerprint density at radius 2 is 1.78 bits per heavy atom. The summed E-state index contributed by atoms with van der Waals surface area (Å²) in [5, 5.41) is 0. The van der Waals surface area contributed by atoms with Crippen LogP contribution in [0.5, 0.6) is 0 Å². The van der Waals surface area contributed by atoms with Gasteiger partial charge in [-0.05, 0) is 30.7 Å². The van der Waals surface area contributed by atoms with E-state index >= 15 is 0 Å². The van der Waals surface area contributed by atoms with Gasteiger partial charge in [0.15, 0.2) is 5.89 Å². The lowest BCUT2D eigenvalue weighted by Gasteiger charge is -2.08. The molecule has 7 heteroatoms. The molecule has 0 atom stereocenters. The van der Waals surface area contributed by atoms with E-state index in [1.165, 1.54) is 18.4 Å². The maximum atomic E-state index is 12.4. The molecule has 0 radical (unpaired) electrons. The molecule has 0 aliphatic rings. The predicted octanol–water partition coefficient (Wildman–Crippen LogP) is 3.15. The van der Waals surface area contributed by atoms with E-state index in [0.29, 0.717) is 11.6 Å². The number of rotatable bonds is 4. The van der Waals surface area contributed by atoms with Crippen molar-refractivity contribution in [1.82, 2.24) is 9.97 Å². The average Bonchev–Trinajstić information content (AvgIpc) is 2.96. The number of benzene rings is 1. The highest BCUT2D eigenvalue weighted by molar-refractivity contribution is 7.92. The van der Waals surface area contributed by atoms with Crippen molar-refractivity contribution in [3.63, 3.8) is 0 Å². The summed E-state index contributed by atoms with van der Waals surface area (Å²) in [4.78, 5) is 8.41. The summed E-state index contributed by atoms with van der Waals surface area (Å²) >= 11 is 0. The molecular weight excluding hydrogens is 314 g/mol. The van der Waals surface area contributed by atoms with Crippen molar-refractivity contribution in [1.29, 1.82) is 0 Å². The number of aryl methyl sites for hydroxylation is 2. The molecule has 0 bridgehead atoms. The molecule has 0 fully saturated rings. The first-order valence-electron chi connectivity index (χ1n) is 6.92. The second kappa shape index (κ2) is 5.85. The van der Waals surface area contributed by atoms with Crippen LogP contribution in [0.2, 0.25) is 0 Å². The van der Waals surface area contributed by atoms with Crippen LogP contribution in [-0.4, -0.2) is 18.4 Å². The van der Waals surface area contributed by atoms with Crippen molar-refractivity contribution < 1.29 is 12.8 Å². The van der Waals surface area contributed by atoms with Gasteiger partial charge in [0.05, 0.1) is 4.90 Å². The van der Waals surface area contributed by atoms with E-state index in [9.17, 15) is 8.42 Å². The van der Waals surface area contributed by atoms with E-state index in [0.717, 1.165) is 11.1 Å². The minimum atomic E-state index is -3.68. The van der Waals surface area contributed by atoms with E-state index in [1.807, 2.05) is 6.92 Å². The molecule has 0 amide bonds. The standard InChI is InChI=1S/C16H15N3O3S/c1-11-3-8-16(17-9-11)19-23(20,21)14-6-4-13(5-7-14)15-10-22-12(2)18-15/h3-10H,1-2H3,(H,17,19). The van der Waals surface area contributed by atoms with Gasteiger partial charge in [0, 0.05) is 18.7 Å². The Hall–Kier alpha value is -2.67.